The Balaban J connectivity index is 2.18. The molecule has 1 saturated heterocycles. The molecule has 0 aliphatic carbocycles. The lowest BCUT2D eigenvalue weighted by Crippen LogP contribution is -2.41. The second kappa shape index (κ2) is 4.37. The first-order valence-electron chi connectivity index (χ1n) is 10.6. The summed E-state index contributed by atoms with van der Waals surface area (Å²) >= 11 is 0. The summed E-state index contributed by atoms with van der Waals surface area (Å²) in [5.74, 6) is 0. The van der Waals surface area contributed by atoms with Gasteiger partial charge in [0.15, 0.2) is 0 Å². The average molecular weight is 301 g/mol. The number of rotatable bonds is 1. The van der Waals surface area contributed by atoms with Gasteiger partial charge < -0.3 is 13.7 Å². The first-order valence-corrected chi connectivity index (χ1v) is 7.08. The zero-order chi connectivity index (χ0) is 21.6. The summed E-state index contributed by atoms with van der Waals surface area (Å²) in [4.78, 5) is 0. The van der Waals surface area contributed by atoms with Gasteiger partial charge in [0.25, 0.3) is 0 Å². The molecule has 4 heteroatoms. The van der Waals surface area contributed by atoms with Gasteiger partial charge in [0, 0.05) is 10.8 Å². The molecular weight excluding hydrogens is 275 g/mol. The third-order valence-corrected chi connectivity index (χ3v) is 4.47. The fourth-order valence-corrected chi connectivity index (χ4v) is 2.52. The maximum Gasteiger partial charge on any atom is 0.495 e. The Morgan fingerprint density at radius 1 is 0.864 bits per heavy atom. The van der Waals surface area contributed by atoms with Crippen molar-refractivity contribution in [1.82, 2.24) is 0 Å². The summed E-state index contributed by atoms with van der Waals surface area (Å²) in [6.07, 6.45) is 0. The molecule has 3 aromatic rings. The van der Waals surface area contributed by atoms with Crippen molar-refractivity contribution in [1.29, 1.82) is 0 Å². The predicted molar refractivity (Wildman–Crippen MR) is 89.4 cm³/mol. The molecule has 0 bridgehead atoms. The van der Waals surface area contributed by atoms with E-state index in [-0.39, 0.29) is 51.6 Å². The minimum atomic E-state index is -1.06. The maximum absolute atomic E-state index is 8.47. The van der Waals surface area contributed by atoms with Gasteiger partial charge in [-0.3, -0.25) is 0 Å². The third kappa shape index (κ3) is 1.84. The van der Waals surface area contributed by atoms with Gasteiger partial charge in [-0.25, -0.2) is 0 Å². The Kier molecular flexibility index (Phi) is 1.63. The number of fused-ring (bicyclic) bond motifs is 3. The maximum atomic E-state index is 8.47. The van der Waals surface area contributed by atoms with Crippen LogP contribution < -0.4 is 5.46 Å². The average Bonchev–Trinajstić information content (AvgIpc) is 3.11. The van der Waals surface area contributed by atoms with E-state index < -0.39 is 36.4 Å². The Morgan fingerprint density at radius 3 is 2.23 bits per heavy atom. The van der Waals surface area contributed by atoms with E-state index in [0.717, 1.165) is 0 Å². The van der Waals surface area contributed by atoms with Crippen LogP contribution in [0.25, 0.3) is 21.9 Å². The van der Waals surface area contributed by atoms with Gasteiger partial charge >= 0.3 is 7.12 Å². The smallest absolute Gasteiger partial charge is 0.456 e. The molecule has 0 radical (unpaired) electrons. The minimum absolute atomic E-state index is 0.0534. The molecule has 3 nitrogen and oxygen atoms in total. The highest BCUT2D eigenvalue weighted by Gasteiger charge is 2.52. The van der Waals surface area contributed by atoms with Crippen LogP contribution in [0.4, 0.5) is 0 Å². The van der Waals surface area contributed by atoms with Crippen LogP contribution in [0.3, 0.4) is 0 Å². The Hall–Kier alpha value is -1.78. The quantitative estimate of drug-likeness (QED) is 0.639. The van der Waals surface area contributed by atoms with E-state index in [1.807, 2.05) is 27.7 Å². The van der Waals surface area contributed by atoms with Gasteiger partial charge in [-0.1, -0.05) is 30.2 Å². The molecule has 0 N–H and O–H groups in total. The third-order valence-electron chi connectivity index (χ3n) is 4.47. The van der Waals surface area contributed by atoms with E-state index in [1.54, 1.807) is 0 Å². The first kappa shape index (κ1) is 8.18. The van der Waals surface area contributed by atoms with E-state index in [9.17, 15) is 0 Å². The van der Waals surface area contributed by atoms with Gasteiger partial charge in [0.05, 0.1) is 20.8 Å². The van der Waals surface area contributed by atoms with Crippen molar-refractivity contribution < 1.29 is 23.3 Å². The van der Waals surface area contributed by atoms with Crippen molar-refractivity contribution >= 4 is 34.5 Å². The lowest BCUT2D eigenvalue weighted by Gasteiger charge is -2.32. The molecule has 0 spiro atoms. The molecule has 0 saturated carbocycles. The van der Waals surface area contributed by atoms with Gasteiger partial charge in [-0.2, -0.15) is 0 Å². The highest BCUT2D eigenvalue weighted by atomic mass is 16.7. The molecule has 112 valence electrons. The highest BCUT2D eigenvalue weighted by Crippen LogP contribution is 2.37. The van der Waals surface area contributed by atoms with Crippen LogP contribution in [0.2, 0.25) is 0 Å². The molecule has 1 aliphatic heterocycles. The summed E-state index contributed by atoms with van der Waals surface area (Å²) in [6, 6.07) is -2.67. The van der Waals surface area contributed by atoms with Crippen molar-refractivity contribution in [3.8, 4) is 0 Å². The fraction of sp³-hybridized carbons (Fsp3) is 0.333. The molecule has 0 amide bonds. The second-order valence-corrected chi connectivity index (χ2v) is 6.39. The zero-order valence-corrected chi connectivity index (χ0v) is 12.8. The first-order chi connectivity index (χ1) is 13.3. The van der Waals surface area contributed by atoms with Crippen LogP contribution in [0.15, 0.2) is 46.7 Å². The van der Waals surface area contributed by atoms with E-state index in [4.69, 9.17) is 23.3 Å². The summed E-state index contributed by atoms with van der Waals surface area (Å²) in [6.45, 7) is 7.36. The standard InChI is InChI=1S/C18H19BO3/c1-17(2)18(3,4)22-19(21-17)13-9-7-11-15-16(13)12-8-5-6-10-14(12)20-15/h5-11H,1-4H3/i5D,6D,7D,8D,9D,10D,11D. The number of hydrogen-bond acceptors (Lipinski definition) is 3. The fourth-order valence-electron chi connectivity index (χ4n) is 2.52. The van der Waals surface area contributed by atoms with Crippen LogP contribution in [0.1, 0.15) is 37.3 Å². The van der Waals surface area contributed by atoms with Crippen LogP contribution in [0, 0.1) is 0 Å². The van der Waals surface area contributed by atoms with Crippen LogP contribution in [-0.4, -0.2) is 18.3 Å². The molecular formula is C18H19BO3. The zero-order valence-electron chi connectivity index (χ0n) is 19.8. The summed E-state index contributed by atoms with van der Waals surface area (Å²) < 4.78 is 75.0. The molecule has 2 heterocycles. The Labute approximate surface area is 140 Å². The summed E-state index contributed by atoms with van der Waals surface area (Å²) in [7, 11) is -1.06. The summed E-state index contributed by atoms with van der Waals surface area (Å²) in [5, 5.41) is 0.203. The van der Waals surface area contributed by atoms with Crippen LogP contribution >= 0.6 is 0 Å². The SMILES string of the molecule is [2H]c1c([2H])c([2H])c2c(oc3c([2H])c([2H])c([2H])c(B4OC(C)(C)C(C)(C)O4)c32)c1[2H]. The Bertz CT molecular complexity index is 1190. The summed E-state index contributed by atoms with van der Waals surface area (Å²) in [5.41, 5.74) is -1.53. The normalized spacial score (nSPS) is 24.5. The molecule has 1 aliphatic rings. The molecule has 4 rings (SSSR count). The van der Waals surface area contributed by atoms with Crippen molar-refractivity contribution in [2.24, 2.45) is 0 Å². The highest BCUT2D eigenvalue weighted by molar-refractivity contribution is 6.66. The van der Waals surface area contributed by atoms with Crippen LogP contribution in [-0.2, 0) is 9.31 Å². The molecule has 1 aromatic heterocycles. The molecule has 22 heavy (non-hydrogen) atoms. The van der Waals surface area contributed by atoms with E-state index >= 15 is 0 Å². The van der Waals surface area contributed by atoms with E-state index in [0.29, 0.717) is 0 Å². The molecule has 0 atom stereocenters. The number of furan rings is 1. The molecule has 1 fully saturated rings. The molecule has 0 unspecified atom stereocenters. The topological polar surface area (TPSA) is 31.6 Å². The minimum Gasteiger partial charge on any atom is -0.456 e. The van der Waals surface area contributed by atoms with Crippen LogP contribution in [0.5, 0.6) is 0 Å². The Morgan fingerprint density at radius 2 is 1.50 bits per heavy atom. The lowest BCUT2D eigenvalue weighted by atomic mass is 9.76. The monoisotopic (exact) mass is 301 g/mol. The number of hydrogen-bond donors (Lipinski definition) is 0. The molecule has 2 aromatic carbocycles. The largest absolute Gasteiger partial charge is 0.495 e. The van der Waals surface area contributed by atoms with Gasteiger partial charge in [-0.05, 0) is 45.2 Å². The van der Waals surface area contributed by atoms with Crippen molar-refractivity contribution in [3.63, 3.8) is 0 Å². The van der Waals surface area contributed by atoms with Gasteiger partial charge in [0.2, 0.25) is 0 Å². The second-order valence-electron chi connectivity index (χ2n) is 6.39. The lowest BCUT2D eigenvalue weighted by molar-refractivity contribution is 0.00578. The van der Waals surface area contributed by atoms with Crippen molar-refractivity contribution in [3.05, 3.63) is 42.3 Å². The number of benzene rings is 2. The van der Waals surface area contributed by atoms with E-state index in [2.05, 4.69) is 0 Å². The predicted octanol–water partition coefficient (Wildman–Crippen LogP) is 3.89. The van der Waals surface area contributed by atoms with Gasteiger partial charge in [0.1, 0.15) is 11.2 Å². The number of para-hydroxylation sites is 1. The van der Waals surface area contributed by atoms with Gasteiger partial charge in [-0.15, -0.1) is 0 Å². The van der Waals surface area contributed by atoms with Crippen molar-refractivity contribution in [2.45, 2.75) is 38.9 Å². The van der Waals surface area contributed by atoms with E-state index in [1.165, 1.54) is 0 Å². The van der Waals surface area contributed by atoms with Crippen molar-refractivity contribution in [2.75, 3.05) is 0 Å².